The van der Waals surface area contributed by atoms with Gasteiger partial charge >= 0.3 is 0 Å². The van der Waals surface area contributed by atoms with Crippen molar-refractivity contribution in [1.82, 2.24) is 20.1 Å². The maximum atomic E-state index is 12.1. The van der Waals surface area contributed by atoms with Crippen molar-refractivity contribution in [3.05, 3.63) is 46.5 Å². The molecule has 5 nitrogen and oxygen atoms in total. The van der Waals surface area contributed by atoms with Gasteiger partial charge in [-0.15, -0.1) is 0 Å². The summed E-state index contributed by atoms with van der Waals surface area (Å²) in [6.45, 7) is 2.24. The molecule has 0 saturated heterocycles. The molecule has 20 heavy (non-hydrogen) atoms. The van der Waals surface area contributed by atoms with Gasteiger partial charge in [0, 0.05) is 18.5 Å². The number of amides is 1. The average Bonchev–Trinajstić information content (AvgIpc) is 2.82. The summed E-state index contributed by atoms with van der Waals surface area (Å²) in [6, 6.07) is 7.58. The molecule has 1 amide bonds. The second-order valence-electron chi connectivity index (χ2n) is 4.68. The number of benzene rings is 1. The molecule has 0 atom stereocenters. The molecule has 2 rings (SSSR count). The van der Waals surface area contributed by atoms with Crippen molar-refractivity contribution in [1.29, 1.82) is 0 Å². The van der Waals surface area contributed by atoms with Crippen LogP contribution in [0.25, 0.3) is 0 Å². The largest absolute Gasteiger partial charge is 0.338 e. The Morgan fingerprint density at radius 3 is 2.80 bits per heavy atom. The maximum absolute atomic E-state index is 12.1. The summed E-state index contributed by atoms with van der Waals surface area (Å²) >= 11 is 6.07. The predicted molar refractivity (Wildman–Crippen MR) is 77.4 cm³/mol. The molecule has 6 heteroatoms. The number of nitrogens with zero attached hydrogens (tertiary/aromatic N) is 3. The van der Waals surface area contributed by atoms with Crippen LogP contribution >= 0.6 is 11.6 Å². The number of aryl methyl sites for hydroxylation is 2. The quantitative estimate of drug-likeness (QED) is 0.920. The number of halogens is 1. The predicted octanol–water partition coefficient (Wildman–Crippen LogP) is 2.36. The summed E-state index contributed by atoms with van der Waals surface area (Å²) in [5.41, 5.74) is 0.990. The van der Waals surface area contributed by atoms with Crippen molar-refractivity contribution in [2.45, 2.75) is 26.3 Å². The second kappa shape index (κ2) is 6.52. The third-order valence-corrected chi connectivity index (χ3v) is 3.38. The van der Waals surface area contributed by atoms with Crippen molar-refractivity contribution in [2.75, 3.05) is 7.05 Å². The molecule has 0 aliphatic rings. The Morgan fingerprint density at radius 2 is 2.15 bits per heavy atom. The fourth-order valence-electron chi connectivity index (χ4n) is 1.89. The van der Waals surface area contributed by atoms with Gasteiger partial charge in [0.25, 0.3) is 0 Å². The van der Waals surface area contributed by atoms with E-state index in [1.54, 1.807) is 11.9 Å². The van der Waals surface area contributed by atoms with Gasteiger partial charge in [-0.1, -0.05) is 29.8 Å². The Balaban J connectivity index is 1.87. The molecule has 0 saturated carbocycles. The zero-order chi connectivity index (χ0) is 14.5. The molecular weight excluding hydrogens is 276 g/mol. The van der Waals surface area contributed by atoms with Gasteiger partial charge in [0.15, 0.2) is 5.82 Å². The number of hydrogen-bond acceptors (Lipinski definition) is 3. The second-order valence-corrected chi connectivity index (χ2v) is 5.09. The molecule has 1 N–H and O–H groups in total. The zero-order valence-corrected chi connectivity index (χ0v) is 12.3. The standard InChI is InChI=1S/C14H17ClN4O/c1-10-16-13(18-17-10)9-19(2)14(20)8-7-11-5-3-4-6-12(11)15/h3-6H,7-9H2,1-2H3,(H,16,17,18). The Kier molecular flexibility index (Phi) is 4.74. The summed E-state index contributed by atoms with van der Waals surface area (Å²) in [4.78, 5) is 17.9. The van der Waals surface area contributed by atoms with E-state index in [1.165, 1.54) is 0 Å². The van der Waals surface area contributed by atoms with E-state index in [0.717, 1.165) is 11.4 Å². The molecule has 0 spiro atoms. The minimum atomic E-state index is 0.0485. The van der Waals surface area contributed by atoms with Crippen molar-refractivity contribution in [2.24, 2.45) is 0 Å². The minimum absolute atomic E-state index is 0.0485. The number of carbonyl (C=O) groups is 1. The molecule has 0 aliphatic carbocycles. The van der Waals surface area contributed by atoms with E-state index in [2.05, 4.69) is 15.2 Å². The minimum Gasteiger partial charge on any atom is -0.338 e. The fraction of sp³-hybridized carbons (Fsp3) is 0.357. The van der Waals surface area contributed by atoms with Crippen LogP contribution < -0.4 is 0 Å². The number of carbonyl (C=O) groups excluding carboxylic acids is 1. The molecule has 1 aromatic carbocycles. The summed E-state index contributed by atoms with van der Waals surface area (Å²) in [6.07, 6.45) is 1.06. The highest BCUT2D eigenvalue weighted by atomic mass is 35.5. The monoisotopic (exact) mass is 292 g/mol. The first-order valence-electron chi connectivity index (χ1n) is 6.41. The van der Waals surface area contributed by atoms with Gasteiger partial charge in [-0.2, -0.15) is 5.10 Å². The van der Waals surface area contributed by atoms with Gasteiger partial charge in [0.1, 0.15) is 5.82 Å². The molecule has 1 aromatic heterocycles. The molecule has 0 aliphatic heterocycles. The van der Waals surface area contributed by atoms with Crippen LogP contribution in [0.5, 0.6) is 0 Å². The SMILES string of the molecule is Cc1nc(CN(C)C(=O)CCc2ccccc2Cl)n[nH]1. The summed E-state index contributed by atoms with van der Waals surface area (Å²) < 4.78 is 0. The summed E-state index contributed by atoms with van der Waals surface area (Å²) in [5.74, 6) is 1.42. The van der Waals surface area contributed by atoms with Gasteiger partial charge in [-0.05, 0) is 25.0 Å². The smallest absolute Gasteiger partial charge is 0.223 e. The third kappa shape index (κ3) is 3.81. The topological polar surface area (TPSA) is 61.9 Å². The van der Waals surface area contributed by atoms with E-state index in [1.807, 2.05) is 31.2 Å². The highest BCUT2D eigenvalue weighted by molar-refractivity contribution is 6.31. The lowest BCUT2D eigenvalue weighted by atomic mass is 10.1. The van der Waals surface area contributed by atoms with Crippen LogP contribution in [0.4, 0.5) is 0 Å². The lowest BCUT2D eigenvalue weighted by Crippen LogP contribution is -2.27. The Morgan fingerprint density at radius 1 is 1.40 bits per heavy atom. The van der Waals surface area contributed by atoms with Crippen LogP contribution in [0.2, 0.25) is 5.02 Å². The number of rotatable bonds is 5. The van der Waals surface area contributed by atoms with Gasteiger partial charge < -0.3 is 4.90 Å². The van der Waals surface area contributed by atoms with E-state index in [9.17, 15) is 4.79 Å². The first-order chi connectivity index (χ1) is 9.56. The fourth-order valence-corrected chi connectivity index (χ4v) is 2.12. The molecule has 0 fully saturated rings. The number of nitrogens with one attached hydrogen (secondary N) is 1. The highest BCUT2D eigenvalue weighted by Crippen LogP contribution is 2.17. The number of hydrogen-bond donors (Lipinski definition) is 1. The Bertz CT molecular complexity index is 596. The van der Waals surface area contributed by atoms with Crippen LogP contribution in [0.1, 0.15) is 23.6 Å². The van der Waals surface area contributed by atoms with Crippen LogP contribution in [0.15, 0.2) is 24.3 Å². The number of H-pyrrole nitrogens is 1. The summed E-state index contributed by atoms with van der Waals surface area (Å²) in [5, 5.41) is 7.48. The van der Waals surface area contributed by atoms with Crippen LogP contribution in [-0.2, 0) is 17.8 Å². The molecule has 1 heterocycles. The summed E-state index contributed by atoms with van der Waals surface area (Å²) in [7, 11) is 1.75. The molecular formula is C14H17ClN4O. The average molecular weight is 293 g/mol. The van der Waals surface area contributed by atoms with E-state index in [0.29, 0.717) is 30.2 Å². The molecule has 0 unspecified atom stereocenters. The van der Waals surface area contributed by atoms with E-state index >= 15 is 0 Å². The molecule has 0 radical (unpaired) electrons. The first kappa shape index (κ1) is 14.5. The molecule has 2 aromatic rings. The normalized spacial score (nSPS) is 10.6. The third-order valence-electron chi connectivity index (χ3n) is 3.01. The Labute approximate surface area is 123 Å². The van der Waals surface area contributed by atoms with Gasteiger partial charge in [0.05, 0.1) is 6.54 Å². The van der Waals surface area contributed by atoms with Gasteiger partial charge in [-0.25, -0.2) is 4.98 Å². The molecule has 106 valence electrons. The first-order valence-corrected chi connectivity index (χ1v) is 6.79. The van der Waals surface area contributed by atoms with Crippen LogP contribution in [0, 0.1) is 6.92 Å². The molecule has 0 bridgehead atoms. The lowest BCUT2D eigenvalue weighted by molar-refractivity contribution is -0.130. The van der Waals surface area contributed by atoms with Crippen molar-refractivity contribution in [3.63, 3.8) is 0 Å². The Hall–Kier alpha value is -1.88. The maximum Gasteiger partial charge on any atom is 0.223 e. The highest BCUT2D eigenvalue weighted by Gasteiger charge is 2.12. The lowest BCUT2D eigenvalue weighted by Gasteiger charge is -2.15. The van der Waals surface area contributed by atoms with E-state index in [4.69, 9.17) is 11.6 Å². The number of aromatic amines is 1. The van der Waals surface area contributed by atoms with Gasteiger partial charge in [0.2, 0.25) is 5.91 Å². The van der Waals surface area contributed by atoms with Crippen molar-refractivity contribution >= 4 is 17.5 Å². The van der Waals surface area contributed by atoms with Crippen molar-refractivity contribution < 1.29 is 4.79 Å². The van der Waals surface area contributed by atoms with E-state index in [-0.39, 0.29) is 5.91 Å². The zero-order valence-electron chi connectivity index (χ0n) is 11.6. The van der Waals surface area contributed by atoms with Crippen LogP contribution in [0.3, 0.4) is 0 Å². The van der Waals surface area contributed by atoms with Crippen LogP contribution in [-0.4, -0.2) is 33.0 Å². The van der Waals surface area contributed by atoms with Crippen molar-refractivity contribution in [3.8, 4) is 0 Å². The number of aromatic nitrogens is 3. The van der Waals surface area contributed by atoms with E-state index < -0.39 is 0 Å². The van der Waals surface area contributed by atoms with Gasteiger partial charge in [-0.3, -0.25) is 9.89 Å².